The zero-order chi connectivity index (χ0) is 24.6. The minimum Gasteiger partial charge on any atom is -0.352 e. The summed E-state index contributed by atoms with van der Waals surface area (Å²) in [5.74, 6) is -0.625. The molecule has 0 saturated carbocycles. The number of hydrogen-bond donors (Lipinski definition) is 3. The lowest BCUT2D eigenvalue weighted by molar-refractivity contribution is -0.120. The Bertz CT molecular complexity index is 1330. The Morgan fingerprint density at radius 3 is 2.31 bits per heavy atom. The highest BCUT2D eigenvalue weighted by Crippen LogP contribution is 2.17. The number of rotatable bonds is 8. The molecule has 1 aromatic heterocycles. The van der Waals surface area contributed by atoms with E-state index in [1.807, 2.05) is 43.3 Å². The minimum absolute atomic E-state index is 0.0988. The molecule has 0 aliphatic rings. The third kappa shape index (κ3) is 6.84. The van der Waals surface area contributed by atoms with E-state index in [-0.39, 0.29) is 24.1 Å². The maximum absolute atomic E-state index is 12.4. The molecule has 0 saturated heterocycles. The van der Waals surface area contributed by atoms with Gasteiger partial charge in [-0.25, -0.2) is 4.98 Å². The van der Waals surface area contributed by atoms with Crippen LogP contribution in [-0.2, 0) is 17.8 Å². The lowest BCUT2D eigenvalue weighted by Gasteiger charge is -2.09. The highest BCUT2D eigenvalue weighted by molar-refractivity contribution is 7.14. The summed E-state index contributed by atoms with van der Waals surface area (Å²) >= 11 is 1.27. The molecule has 3 aromatic carbocycles. The first-order valence-electron chi connectivity index (χ1n) is 11.0. The molecule has 0 unspecified atom stereocenters. The Morgan fingerprint density at radius 2 is 1.54 bits per heavy atom. The highest BCUT2D eigenvalue weighted by atomic mass is 32.1. The normalized spacial score (nSPS) is 10.4. The molecule has 0 spiro atoms. The molecule has 0 aliphatic heterocycles. The fourth-order valence-corrected chi connectivity index (χ4v) is 4.00. The van der Waals surface area contributed by atoms with E-state index in [0.29, 0.717) is 34.2 Å². The first kappa shape index (κ1) is 23.8. The van der Waals surface area contributed by atoms with E-state index in [9.17, 15) is 14.4 Å². The average molecular weight is 485 g/mol. The first-order chi connectivity index (χ1) is 17.0. The quantitative estimate of drug-likeness (QED) is 0.334. The van der Waals surface area contributed by atoms with Gasteiger partial charge < -0.3 is 10.6 Å². The standard InChI is InChI=1S/C27H24N4O3S/c1-18-10-12-21(13-11-18)25(33)29-22-9-5-6-19(14-22)16-28-24(32)15-23-17-35-27(30-23)31-26(34)20-7-3-2-4-8-20/h2-14,17H,15-16H2,1H3,(H,28,32)(H,29,33)(H,30,31,34). The number of nitrogens with one attached hydrogen (secondary N) is 3. The lowest BCUT2D eigenvalue weighted by atomic mass is 10.1. The van der Waals surface area contributed by atoms with Crippen molar-refractivity contribution in [2.75, 3.05) is 10.6 Å². The van der Waals surface area contributed by atoms with Gasteiger partial charge in [-0.1, -0.05) is 48.0 Å². The Labute approximate surface area is 207 Å². The van der Waals surface area contributed by atoms with Gasteiger partial charge in [0, 0.05) is 28.7 Å². The fourth-order valence-electron chi connectivity index (χ4n) is 3.30. The number of thiazole rings is 1. The predicted molar refractivity (Wildman–Crippen MR) is 138 cm³/mol. The number of carbonyl (C=O) groups is 3. The molecule has 0 bridgehead atoms. The van der Waals surface area contributed by atoms with E-state index in [1.54, 1.807) is 47.8 Å². The van der Waals surface area contributed by atoms with Crippen molar-refractivity contribution < 1.29 is 14.4 Å². The van der Waals surface area contributed by atoms with E-state index in [0.717, 1.165) is 11.1 Å². The highest BCUT2D eigenvalue weighted by Gasteiger charge is 2.11. The van der Waals surface area contributed by atoms with Gasteiger partial charge >= 0.3 is 0 Å². The number of amides is 3. The SMILES string of the molecule is Cc1ccc(C(=O)Nc2cccc(CNC(=O)Cc3csc(NC(=O)c4ccccc4)n3)c2)cc1. The van der Waals surface area contributed by atoms with Crippen LogP contribution in [0.15, 0.2) is 84.2 Å². The van der Waals surface area contributed by atoms with Crippen LogP contribution in [0.4, 0.5) is 10.8 Å². The Kier molecular flexibility index (Phi) is 7.64. The predicted octanol–water partition coefficient (Wildman–Crippen LogP) is 4.82. The summed E-state index contributed by atoms with van der Waals surface area (Å²) in [7, 11) is 0. The molecule has 3 N–H and O–H groups in total. The third-order valence-corrected chi connectivity index (χ3v) is 5.94. The average Bonchev–Trinajstić information content (AvgIpc) is 3.30. The molecular weight excluding hydrogens is 460 g/mol. The van der Waals surface area contributed by atoms with Crippen molar-refractivity contribution in [2.24, 2.45) is 0 Å². The molecule has 1 heterocycles. The first-order valence-corrected chi connectivity index (χ1v) is 11.9. The number of aryl methyl sites for hydroxylation is 1. The summed E-state index contributed by atoms with van der Waals surface area (Å²) in [5.41, 5.74) is 4.30. The smallest absolute Gasteiger partial charge is 0.257 e. The van der Waals surface area contributed by atoms with E-state index in [2.05, 4.69) is 20.9 Å². The van der Waals surface area contributed by atoms with Gasteiger partial charge in [0.25, 0.3) is 11.8 Å². The fraction of sp³-hybridized carbons (Fsp3) is 0.111. The monoisotopic (exact) mass is 484 g/mol. The summed E-state index contributed by atoms with van der Waals surface area (Å²) in [6.45, 7) is 2.28. The van der Waals surface area contributed by atoms with Crippen molar-refractivity contribution in [1.82, 2.24) is 10.3 Å². The molecule has 7 nitrogen and oxygen atoms in total. The zero-order valence-corrected chi connectivity index (χ0v) is 19.9. The lowest BCUT2D eigenvalue weighted by Crippen LogP contribution is -2.24. The van der Waals surface area contributed by atoms with Crippen molar-refractivity contribution in [2.45, 2.75) is 19.9 Å². The van der Waals surface area contributed by atoms with E-state index in [1.165, 1.54) is 11.3 Å². The van der Waals surface area contributed by atoms with E-state index < -0.39 is 0 Å². The van der Waals surface area contributed by atoms with Crippen LogP contribution < -0.4 is 16.0 Å². The van der Waals surface area contributed by atoms with Crippen LogP contribution in [0.2, 0.25) is 0 Å². The molecule has 4 aromatic rings. The van der Waals surface area contributed by atoms with Crippen molar-refractivity contribution in [1.29, 1.82) is 0 Å². The molecule has 35 heavy (non-hydrogen) atoms. The second-order valence-corrected chi connectivity index (χ2v) is 8.80. The van der Waals surface area contributed by atoms with Gasteiger partial charge in [0.15, 0.2) is 5.13 Å². The van der Waals surface area contributed by atoms with Crippen molar-refractivity contribution in [3.8, 4) is 0 Å². The van der Waals surface area contributed by atoms with Crippen molar-refractivity contribution in [3.05, 3.63) is 112 Å². The van der Waals surface area contributed by atoms with Gasteiger partial charge in [-0.2, -0.15) is 0 Å². The molecule has 176 valence electrons. The van der Waals surface area contributed by atoms with Crippen LogP contribution in [0.3, 0.4) is 0 Å². The van der Waals surface area contributed by atoms with Gasteiger partial charge in [0.1, 0.15) is 0 Å². The minimum atomic E-state index is -0.245. The number of anilines is 2. The zero-order valence-electron chi connectivity index (χ0n) is 19.1. The molecule has 0 aliphatic carbocycles. The Balaban J connectivity index is 1.27. The molecule has 8 heteroatoms. The van der Waals surface area contributed by atoms with E-state index in [4.69, 9.17) is 0 Å². The molecule has 4 rings (SSSR count). The summed E-state index contributed by atoms with van der Waals surface area (Å²) in [5, 5.41) is 10.7. The van der Waals surface area contributed by atoms with Crippen LogP contribution in [0.1, 0.15) is 37.5 Å². The van der Waals surface area contributed by atoms with Gasteiger partial charge in [-0.05, 0) is 48.9 Å². The summed E-state index contributed by atoms with van der Waals surface area (Å²) in [6.07, 6.45) is 0.0988. The number of carbonyl (C=O) groups excluding carboxylic acids is 3. The Morgan fingerprint density at radius 1 is 0.829 bits per heavy atom. The van der Waals surface area contributed by atoms with Gasteiger partial charge in [-0.3, -0.25) is 19.7 Å². The van der Waals surface area contributed by atoms with Crippen molar-refractivity contribution >= 4 is 39.9 Å². The number of benzene rings is 3. The number of hydrogen-bond acceptors (Lipinski definition) is 5. The van der Waals surface area contributed by atoms with Crippen molar-refractivity contribution in [3.63, 3.8) is 0 Å². The van der Waals surface area contributed by atoms with Gasteiger partial charge in [-0.15, -0.1) is 11.3 Å². The molecule has 0 radical (unpaired) electrons. The maximum atomic E-state index is 12.4. The van der Waals surface area contributed by atoms with Crippen LogP contribution in [0.25, 0.3) is 0 Å². The number of nitrogens with zero attached hydrogens (tertiary/aromatic N) is 1. The third-order valence-electron chi connectivity index (χ3n) is 5.14. The topological polar surface area (TPSA) is 100 Å². The van der Waals surface area contributed by atoms with Crippen LogP contribution in [0, 0.1) is 6.92 Å². The summed E-state index contributed by atoms with van der Waals surface area (Å²) < 4.78 is 0. The summed E-state index contributed by atoms with van der Waals surface area (Å²) in [4.78, 5) is 41.4. The molecule has 3 amide bonds. The molecular formula is C27H24N4O3S. The maximum Gasteiger partial charge on any atom is 0.257 e. The molecule has 0 atom stereocenters. The van der Waals surface area contributed by atoms with Crippen LogP contribution in [-0.4, -0.2) is 22.7 Å². The summed E-state index contributed by atoms with van der Waals surface area (Å²) in [6, 6.07) is 23.6. The second kappa shape index (κ2) is 11.2. The van der Waals surface area contributed by atoms with E-state index >= 15 is 0 Å². The van der Waals surface area contributed by atoms with Gasteiger partial charge in [0.2, 0.25) is 5.91 Å². The molecule has 0 fully saturated rings. The second-order valence-electron chi connectivity index (χ2n) is 7.94. The largest absolute Gasteiger partial charge is 0.352 e. The van der Waals surface area contributed by atoms with Crippen LogP contribution >= 0.6 is 11.3 Å². The van der Waals surface area contributed by atoms with Crippen LogP contribution in [0.5, 0.6) is 0 Å². The Hall–Kier alpha value is -4.30. The number of aromatic nitrogens is 1. The van der Waals surface area contributed by atoms with Gasteiger partial charge in [0.05, 0.1) is 12.1 Å².